The van der Waals surface area contributed by atoms with Crippen LogP contribution in [0.25, 0.3) is 0 Å². The van der Waals surface area contributed by atoms with Crippen molar-refractivity contribution in [3.05, 3.63) is 51.8 Å². The van der Waals surface area contributed by atoms with Gasteiger partial charge in [0, 0.05) is 36.4 Å². The zero-order valence-corrected chi connectivity index (χ0v) is 13.8. The summed E-state index contributed by atoms with van der Waals surface area (Å²) in [5.41, 5.74) is 9.49. The Morgan fingerprint density at radius 3 is 2.75 bits per heavy atom. The average Bonchev–Trinajstić information content (AvgIpc) is 2.69. The van der Waals surface area contributed by atoms with Crippen molar-refractivity contribution in [3.8, 4) is 0 Å². The van der Waals surface area contributed by atoms with Crippen molar-refractivity contribution >= 4 is 15.9 Å². The molecular weight excluding hydrogens is 316 g/mol. The average molecular weight is 337 g/mol. The minimum atomic E-state index is 0.183. The lowest BCUT2D eigenvalue weighted by atomic mass is 10.1. The number of hydrogen-bond acceptors (Lipinski definition) is 3. The van der Waals surface area contributed by atoms with Crippen LogP contribution < -0.4 is 5.73 Å². The molecule has 1 atom stereocenters. The van der Waals surface area contributed by atoms with Gasteiger partial charge in [-0.25, -0.2) is 0 Å². The van der Waals surface area contributed by atoms with Gasteiger partial charge in [0.05, 0.1) is 11.7 Å². The number of aryl methyl sites for hydroxylation is 2. The number of nitrogens with zero attached hydrogens (tertiary/aromatic N) is 3. The second-order valence-corrected chi connectivity index (χ2v) is 6.06. The van der Waals surface area contributed by atoms with Crippen LogP contribution in [-0.4, -0.2) is 28.3 Å². The third-order valence-corrected chi connectivity index (χ3v) is 3.98. The smallest absolute Gasteiger partial charge is 0.0641 e. The summed E-state index contributed by atoms with van der Waals surface area (Å²) in [5, 5.41) is 4.41. The van der Waals surface area contributed by atoms with Gasteiger partial charge in [-0.1, -0.05) is 28.1 Å². The summed E-state index contributed by atoms with van der Waals surface area (Å²) in [6.45, 7) is 3.47. The predicted octanol–water partition coefficient (Wildman–Crippen LogP) is 2.62. The van der Waals surface area contributed by atoms with Crippen LogP contribution in [0.1, 0.15) is 22.9 Å². The lowest BCUT2D eigenvalue weighted by Gasteiger charge is -2.27. The summed E-state index contributed by atoms with van der Waals surface area (Å²) in [7, 11) is 4.04. The molecule has 5 heteroatoms. The quantitative estimate of drug-likeness (QED) is 0.912. The highest BCUT2D eigenvalue weighted by atomic mass is 79.9. The summed E-state index contributed by atoms with van der Waals surface area (Å²) in [6.07, 6.45) is 2.06. The van der Waals surface area contributed by atoms with E-state index in [1.807, 2.05) is 24.7 Å². The van der Waals surface area contributed by atoms with Gasteiger partial charge in [-0.2, -0.15) is 5.10 Å². The molecule has 1 aromatic heterocycles. The highest BCUT2D eigenvalue weighted by Gasteiger charge is 2.19. The molecule has 0 aliphatic rings. The lowest BCUT2D eigenvalue weighted by molar-refractivity contribution is 0.241. The monoisotopic (exact) mass is 336 g/mol. The highest BCUT2D eigenvalue weighted by Crippen LogP contribution is 2.23. The molecule has 20 heavy (non-hydrogen) atoms. The van der Waals surface area contributed by atoms with Crippen LogP contribution in [0.2, 0.25) is 0 Å². The fraction of sp³-hybridized carbons (Fsp3) is 0.400. The lowest BCUT2D eigenvalue weighted by Crippen LogP contribution is -2.30. The topological polar surface area (TPSA) is 47.1 Å². The van der Waals surface area contributed by atoms with Gasteiger partial charge in [-0.3, -0.25) is 9.58 Å². The number of likely N-dealkylation sites (N-methyl/N-ethyl adjacent to an activating group) is 1. The van der Waals surface area contributed by atoms with E-state index in [-0.39, 0.29) is 6.04 Å². The Balaban J connectivity index is 2.17. The molecule has 108 valence electrons. The Morgan fingerprint density at radius 1 is 1.45 bits per heavy atom. The Kier molecular flexibility index (Phi) is 4.96. The molecule has 0 aliphatic carbocycles. The first-order valence-electron chi connectivity index (χ1n) is 6.66. The summed E-state index contributed by atoms with van der Waals surface area (Å²) >= 11 is 3.51. The van der Waals surface area contributed by atoms with Crippen molar-refractivity contribution in [1.29, 1.82) is 0 Å². The van der Waals surface area contributed by atoms with Gasteiger partial charge in [0.2, 0.25) is 0 Å². The summed E-state index contributed by atoms with van der Waals surface area (Å²) in [6, 6.07) is 8.54. The molecule has 0 fully saturated rings. The fourth-order valence-corrected chi connectivity index (χ4v) is 2.97. The molecule has 0 radical (unpaired) electrons. The van der Waals surface area contributed by atoms with Gasteiger partial charge < -0.3 is 5.73 Å². The Labute approximate surface area is 128 Å². The van der Waals surface area contributed by atoms with Crippen LogP contribution >= 0.6 is 15.9 Å². The zero-order valence-electron chi connectivity index (χ0n) is 12.2. The largest absolute Gasteiger partial charge is 0.329 e. The van der Waals surface area contributed by atoms with E-state index in [0.29, 0.717) is 6.54 Å². The zero-order chi connectivity index (χ0) is 14.7. The number of hydrogen-bond donors (Lipinski definition) is 1. The molecule has 2 rings (SSSR count). The molecule has 0 amide bonds. The van der Waals surface area contributed by atoms with Gasteiger partial charge in [0.25, 0.3) is 0 Å². The number of rotatable bonds is 5. The van der Waals surface area contributed by atoms with E-state index in [1.54, 1.807) is 0 Å². The number of nitrogens with two attached hydrogens (primary N) is 1. The molecule has 0 saturated carbocycles. The second kappa shape index (κ2) is 6.52. The van der Waals surface area contributed by atoms with Gasteiger partial charge in [0.15, 0.2) is 0 Å². The van der Waals surface area contributed by atoms with Crippen molar-refractivity contribution < 1.29 is 0 Å². The molecule has 1 unspecified atom stereocenters. The molecule has 1 heterocycles. The number of benzene rings is 1. The number of aromatic nitrogens is 2. The summed E-state index contributed by atoms with van der Waals surface area (Å²) in [5.74, 6) is 0. The normalized spacial score (nSPS) is 12.9. The van der Waals surface area contributed by atoms with Crippen molar-refractivity contribution in [2.75, 3.05) is 13.6 Å². The van der Waals surface area contributed by atoms with Crippen molar-refractivity contribution in [3.63, 3.8) is 0 Å². The maximum atomic E-state index is 5.98. The van der Waals surface area contributed by atoms with E-state index in [4.69, 9.17) is 5.73 Å². The van der Waals surface area contributed by atoms with Crippen LogP contribution in [0.3, 0.4) is 0 Å². The van der Waals surface area contributed by atoms with E-state index in [2.05, 4.69) is 57.4 Å². The van der Waals surface area contributed by atoms with E-state index >= 15 is 0 Å². The van der Waals surface area contributed by atoms with Crippen LogP contribution in [-0.2, 0) is 13.6 Å². The molecule has 2 N–H and O–H groups in total. The highest BCUT2D eigenvalue weighted by molar-refractivity contribution is 9.10. The SMILES string of the molecule is Cc1nn(C)cc1C(CN)N(C)Cc1cccc(Br)c1. The third-order valence-electron chi connectivity index (χ3n) is 3.49. The van der Waals surface area contributed by atoms with Gasteiger partial charge >= 0.3 is 0 Å². The molecule has 2 aromatic rings. The first-order valence-corrected chi connectivity index (χ1v) is 7.45. The Hall–Kier alpha value is -1.17. The summed E-state index contributed by atoms with van der Waals surface area (Å²) in [4.78, 5) is 2.27. The van der Waals surface area contributed by atoms with Crippen molar-refractivity contribution in [1.82, 2.24) is 14.7 Å². The Bertz CT molecular complexity index is 579. The minimum absolute atomic E-state index is 0.183. The molecule has 0 spiro atoms. The number of halogens is 1. The van der Waals surface area contributed by atoms with Crippen molar-refractivity contribution in [2.45, 2.75) is 19.5 Å². The van der Waals surface area contributed by atoms with Crippen LogP contribution in [0.5, 0.6) is 0 Å². The van der Waals surface area contributed by atoms with E-state index in [1.165, 1.54) is 11.1 Å². The maximum Gasteiger partial charge on any atom is 0.0641 e. The first kappa shape index (κ1) is 15.2. The molecule has 0 aliphatic heterocycles. The van der Waals surface area contributed by atoms with Crippen LogP contribution in [0.4, 0.5) is 0 Å². The molecule has 0 saturated heterocycles. The molecular formula is C15H21BrN4. The van der Waals surface area contributed by atoms with Crippen LogP contribution in [0, 0.1) is 6.92 Å². The van der Waals surface area contributed by atoms with E-state index in [9.17, 15) is 0 Å². The van der Waals surface area contributed by atoms with Crippen LogP contribution in [0.15, 0.2) is 34.9 Å². The first-order chi connectivity index (χ1) is 9.51. The minimum Gasteiger partial charge on any atom is -0.329 e. The standard InChI is InChI=1S/C15H21BrN4/c1-11-14(10-20(3)18-11)15(8-17)19(2)9-12-5-4-6-13(16)7-12/h4-7,10,15H,8-9,17H2,1-3H3. The fourth-order valence-electron chi connectivity index (χ4n) is 2.52. The van der Waals surface area contributed by atoms with Crippen molar-refractivity contribution in [2.24, 2.45) is 12.8 Å². The Morgan fingerprint density at radius 2 is 2.20 bits per heavy atom. The second-order valence-electron chi connectivity index (χ2n) is 5.14. The maximum absolute atomic E-state index is 5.98. The van der Waals surface area contributed by atoms with Gasteiger partial charge in [-0.15, -0.1) is 0 Å². The van der Waals surface area contributed by atoms with Gasteiger partial charge in [-0.05, 0) is 31.7 Å². The van der Waals surface area contributed by atoms with E-state index in [0.717, 1.165) is 16.7 Å². The molecule has 0 bridgehead atoms. The summed E-state index contributed by atoms with van der Waals surface area (Å²) < 4.78 is 2.95. The predicted molar refractivity (Wildman–Crippen MR) is 85.3 cm³/mol. The molecule has 1 aromatic carbocycles. The van der Waals surface area contributed by atoms with E-state index < -0.39 is 0 Å². The van der Waals surface area contributed by atoms with Gasteiger partial charge in [0.1, 0.15) is 0 Å². The molecule has 4 nitrogen and oxygen atoms in total. The third kappa shape index (κ3) is 3.48.